The van der Waals surface area contributed by atoms with Crippen molar-refractivity contribution < 1.29 is 0 Å². The molecule has 108 valence electrons. The van der Waals surface area contributed by atoms with Gasteiger partial charge in [-0.15, -0.1) is 0 Å². The van der Waals surface area contributed by atoms with Gasteiger partial charge >= 0.3 is 0 Å². The minimum Gasteiger partial charge on any atom is -0.399 e. The summed E-state index contributed by atoms with van der Waals surface area (Å²) in [6, 6.07) is 27.9. The topological polar surface area (TPSA) is 26.0 Å². The minimum absolute atomic E-state index is 0.799. The van der Waals surface area contributed by atoms with Gasteiger partial charge in [-0.1, -0.05) is 60.7 Å². The molecule has 0 heterocycles. The second-order valence-electron chi connectivity index (χ2n) is 6.10. The summed E-state index contributed by atoms with van der Waals surface area (Å²) in [7, 11) is 0. The number of nitrogens with two attached hydrogens (primary N) is 1. The molecule has 2 N–H and O–H groups in total. The van der Waals surface area contributed by atoms with Crippen molar-refractivity contribution >= 4 is 38.0 Å². The molecular weight excluding hydrogens is 278 g/mol. The number of hydrogen-bond donors (Lipinski definition) is 1. The maximum absolute atomic E-state index is 6.01. The van der Waals surface area contributed by atoms with Crippen LogP contribution in [0.1, 0.15) is 0 Å². The maximum Gasteiger partial charge on any atom is 0.0320 e. The van der Waals surface area contributed by atoms with Gasteiger partial charge in [-0.2, -0.15) is 0 Å². The van der Waals surface area contributed by atoms with E-state index in [0.29, 0.717) is 0 Å². The SMILES string of the molecule is Nc1cccc(-c2cc3cccc4ccc5cccc2c5c43)c1. The predicted octanol–water partition coefficient (Wildman–Crippen LogP) is 5.83. The van der Waals surface area contributed by atoms with E-state index in [1.807, 2.05) is 12.1 Å². The predicted molar refractivity (Wildman–Crippen MR) is 100.0 cm³/mol. The molecule has 0 atom stereocenters. The molecule has 0 aliphatic carbocycles. The van der Waals surface area contributed by atoms with Crippen LogP contribution in [0, 0.1) is 0 Å². The van der Waals surface area contributed by atoms with Crippen LogP contribution in [0.2, 0.25) is 0 Å². The van der Waals surface area contributed by atoms with E-state index >= 15 is 0 Å². The molecular formula is C22H15N. The zero-order chi connectivity index (χ0) is 15.4. The van der Waals surface area contributed by atoms with Crippen molar-refractivity contribution in [2.45, 2.75) is 0 Å². The second kappa shape index (κ2) is 4.47. The Morgan fingerprint density at radius 1 is 0.565 bits per heavy atom. The first-order valence-electron chi connectivity index (χ1n) is 7.84. The summed E-state index contributed by atoms with van der Waals surface area (Å²) in [6.07, 6.45) is 0. The summed E-state index contributed by atoms with van der Waals surface area (Å²) >= 11 is 0. The van der Waals surface area contributed by atoms with Crippen molar-refractivity contribution in [1.29, 1.82) is 0 Å². The molecule has 0 spiro atoms. The number of anilines is 1. The number of benzene rings is 5. The van der Waals surface area contributed by atoms with E-state index in [9.17, 15) is 0 Å². The van der Waals surface area contributed by atoms with Gasteiger partial charge in [0.15, 0.2) is 0 Å². The fourth-order valence-corrected chi connectivity index (χ4v) is 3.71. The van der Waals surface area contributed by atoms with E-state index in [0.717, 1.165) is 5.69 Å². The van der Waals surface area contributed by atoms with Gasteiger partial charge in [0.1, 0.15) is 0 Å². The van der Waals surface area contributed by atoms with Crippen LogP contribution in [0.5, 0.6) is 0 Å². The number of hydrogen-bond acceptors (Lipinski definition) is 1. The van der Waals surface area contributed by atoms with Crippen molar-refractivity contribution in [1.82, 2.24) is 0 Å². The molecule has 1 nitrogen and oxygen atoms in total. The van der Waals surface area contributed by atoms with E-state index in [1.165, 1.54) is 43.4 Å². The molecule has 0 saturated heterocycles. The van der Waals surface area contributed by atoms with Crippen molar-refractivity contribution in [2.75, 3.05) is 5.73 Å². The van der Waals surface area contributed by atoms with Gasteiger partial charge in [0.05, 0.1) is 0 Å². The van der Waals surface area contributed by atoms with E-state index in [4.69, 9.17) is 5.73 Å². The Morgan fingerprint density at radius 2 is 1.26 bits per heavy atom. The Balaban J connectivity index is 2.04. The molecule has 0 aliphatic rings. The summed E-state index contributed by atoms with van der Waals surface area (Å²) in [6.45, 7) is 0. The van der Waals surface area contributed by atoms with Crippen LogP contribution in [0.3, 0.4) is 0 Å². The molecule has 0 aromatic heterocycles. The lowest BCUT2D eigenvalue weighted by Gasteiger charge is -2.15. The lowest BCUT2D eigenvalue weighted by atomic mass is 9.89. The van der Waals surface area contributed by atoms with Crippen LogP contribution in [-0.2, 0) is 0 Å². The van der Waals surface area contributed by atoms with Crippen LogP contribution >= 0.6 is 0 Å². The van der Waals surface area contributed by atoms with Gasteiger partial charge in [0.25, 0.3) is 0 Å². The second-order valence-corrected chi connectivity index (χ2v) is 6.10. The highest BCUT2D eigenvalue weighted by Crippen LogP contribution is 2.40. The van der Waals surface area contributed by atoms with Crippen LogP contribution in [-0.4, -0.2) is 0 Å². The fraction of sp³-hybridized carbons (Fsp3) is 0. The highest BCUT2D eigenvalue weighted by Gasteiger charge is 2.12. The lowest BCUT2D eigenvalue weighted by Crippen LogP contribution is -1.89. The molecule has 5 aromatic rings. The van der Waals surface area contributed by atoms with E-state index in [2.05, 4.69) is 66.7 Å². The molecule has 1 heteroatoms. The van der Waals surface area contributed by atoms with Gasteiger partial charge in [-0.05, 0) is 61.6 Å². The molecule has 0 radical (unpaired) electrons. The van der Waals surface area contributed by atoms with Gasteiger partial charge in [-0.3, -0.25) is 0 Å². The first kappa shape index (κ1) is 12.5. The highest BCUT2D eigenvalue weighted by molar-refractivity contribution is 6.26. The summed E-state index contributed by atoms with van der Waals surface area (Å²) in [5, 5.41) is 7.86. The molecule has 5 aromatic carbocycles. The summed E-state index contributed by atoms with van der Waals surface area (Å²) < 4.78 is 0. The monoisotopic (exact) mass is 293 g/mol. The number of rotatable bonds is 1. The number of nitrogen functional groups attached to an aromatic ring is 1. The summed E-state index contributed by atoms with van der Waals surface area (Å²) in [5.74, 6) is 0. The molecule has 0 fully saturated rings. The quantitative estimate of drug-likeness (QED) is 0.305. The zero-order valence-corrected chi connectivity index (χ0v) is 12.6. The first-order valence-corrected chi connectivity index (χ1v) is 7.84. The molecule has 0 aliphatic heterocycles. The van der Waals surface area contributed by atoms with Gasteiger partial charge in [0.2, 0.25) is 0 Å². The minimum atomic E-state index is 0.799. The molecule has 5 rings (SSSR count). The third-order valence-corrected chi connectivity index (χ3v) is 4.71. The molecule has 0 unspecified atom stereocenters. The first-order chi connectivity index (χ1) is 11.3. The van der Waals surface area contributed by atoms with Crippen LogP contribution in [0.4, 0.5) is 5.69 Å². The van der Waals surface area contributed by atoms with Gasteiger partial charge in [0, 0.05) is 5.69 Å². The standard InChI is InChI=1S/C22H15N/c23-18-8-2-6-16(12-18)20-13-17-7-1-4-14-10-11-15-5-3-9-19(20)22(15)21(14)17/h1-13H,23H2. The molecule has 0 saturated carbocycles. The third kappa shape index (κ3) is 1.74. The third-order valence-electron chi connectivity index (χ3n) is 4.71. The largest absolute Gasteiger partial charge is 0.399 e. The van der Waals surface area contributed by atoms with E-state index in [1.54, 1.807) is 0 Å². The van der Waals surface area contributed by atoms with Crippen molar-refractivity contribution in [2.24, 2.45) is 0 Å². The van der Waals surface area contributed by atoms with E-state index in [-0.39, 0.29) is 0 Å². The average Bonchev–Trinajstić information content (AvgIpc) is 2.59. The fourth-order valence-electron chi connectivity index (χ4n) is 3.71. The Labute approximate surface area is 134 Å². The van der Waals surface area contributed by atoms with Crippen molar-refractivity contribution in [3.63, 3.8) is 0 Å². The van der Waals surface area contributed by atoms with Crippen LogP contribution in [0.15, 0.2) is 78.9 Å². The summed E-state index contributed by atoms with van der Waals surface area (Å²) in [5.41, 5.74) is 9.22. The smallest absolute Gasteiger partial charge is 0.0320 e. The summed E-state index contributed by atoms with van der Waals surface area (Å²) in [4.78, 5) is 0. The van der Waals surface area contributed by atoms with Gasteiger partial charge < -0.3 is 5.73 Å². The normalized spacial score (nSPS) is 11.7. The van der Waals surface area contributed by atoms with E-state index < -0.39 is 0 Å². The Kier molecular flexibility index (Phi) is 2.42. The lowest BCUT2D eigenvalue weighted by molar-refractivity contribution is 1.65. The molecule has 0 bridgehead atoms. The van der Waals surface area contributed by atoms with Gasteiger partial charge in [-0.25, -0.2) is 0 Å². The Morgan fingerprint density at radius 3 is 2.09 bits per heavy atom. The highest BCUT2D eigenvalue weighted by atomic mass is 14.5. The Bertz CT molecular complexity index is 1170. The van der Waals surface area contributed by atoms with Crippen molar-refractivity contribution in [3.05, 3.63) is 78.9 Å². The Hall–Kier alpha value is -3.06. The maximum atomic E-state index is 6.01. The van der Waals surface area contributed by atoms with Crippen LogP contribution < -0.4 is 5.73 Å². The van der Waals surface area contributed by atoms with Crippen molar-refractivity contribution in [3.8, 4) is 11.1 Å². The zero-order valence-electron chi connectivity index (χ0n) is 12.6. The average molecular weight is 293 g/mol. The van der Waals surface area contributed by atoms with Crippen LogP contribution in [0.25, 0.3) is 43.4 Å². The molecule has 23 heavy (non-hydrogen) atoms. The molecule has 0 amide bonds.